The highest BCUT2D eigenvalue weighted by molar-refractivity contribution is 6.09. The maximum Gasteiger partial charge on any atom is 0.417 e. The van der Waals surface area contributed by atoms with Gasteiger partial charge in [-0.1, -0.05) is 0 Å². The molecule has 0 saturated heterocycles. The molecule has 6 heterocycles. The molecule has 0 saturated carbocycles. The Morgan fingerprint density at radius 3 is 1.48 bits per heavy atom. The molecule has 14 nitrogen and oxygen atoms in total. The molecule has 1 atom stereocenters. The Morgan fingerprint density at radius 2 is 1.05 bits per heavy atom. The summed E-state index contributed by atoms with van der Waals surface area (Å²) < 4.78 is 75.6. The number of ketones is 1. The smallest absolute Gasteiger partial charge is 0.389 e. The fourth-order valence-electron chi connectivity index (χ4n) is 4.88. The van der Waals surface area contributed by atoms with E-state index < -0.39 is 41.4 Å². The van der Waals surface area contributed by atoms with E-state index in [1.165, 1.54) is 80.5 Å². The number of Topliss-reactive ketones (excluding diaryl/α,β-unsaturated/α-hetero) is 1. The van der Waals surface area contributed by atoms with Gasteiger partial charge in [0, 0.05) is 59.4 Å². The van der Waals surface area contributed by atoms with Crippen molar-refractivity contribution in [2.75, 3.05) is 21.3 Å². The van der Waals surface area contributed by atoms with E-state index in [-0.39, 0.29) is 45.9 Å². The summed E-state index contributed by atoms with van der Waals surface area (Å²) in [6.45, 7) is 2.94. The van der Waals surface area contributed by atoms with E-state index in [0.29, 0.717) is 29.2 Å². The highest BCUT2D eigenvalue weighted by Gasteiger charge is 2.31. The summed E-state index contributed by atoms with van der Waals surface area (Å²) in [5.74, 6) is -0.485. The van der Waals surface area contributed by atoms with Gasteiger partial charge in [0.15, 0.2) is 5.78 Å². The number of amides is 2. The number of alkyl halides is 6. The molecule has 5 N–H and O–H groups in total. The molecule has 0 aliphatic rings. The summed E-state index contributed by atoms with van der Waals surface area (Å²) in [5, 5.41) is 20.5. The molecule has 58 heavy (non-hydrogen) atoms. The van der Waals surface area contributed by atoms with E-state index in [1.54, 1.807) is 13.0 Å². The molecule has 0 aliphatic heterocycles. The van der Waals surface area contributed by atoms with Crippen LogP contribution in [-0.4, -0.2) is 52.6 Å². The lowest BCUT2D eigenvalue weighted by Gasteiger charge is -2.13. The van der Waals surface area contributed by atoms with Crippen molar-refractivity contribution < 1.29 is 45.8 Å². The average Bonchev–Trinajstić information content (AvgIpc) is 3.18. The fourth-order valence-corrected chi connectivity index (χ4v) is 4.88. The van der Waals surface area contributed by atoms with Crippen LogP contribution >= 0.6 is 0 Å². The molecule has 1 unspecified atom stereocenters. The van der Waals surface area contributed by atoms with Crippen molar-refractivity contribution in [2.45, 2.75) is 32.3 Å². The third-order valence-corrected chi connectivity index (χ3v) is 7.74. The monoisotopic (exact) mass is 804 g/mol. The summed E-state index contributed by atoms with van der Waals surface area (Å²) in [6, 6.07) is 12.9. The SMILES string of the molecule is CC(=O)c1ccncc1NC(=O)c1ccnc(Nc2ccc(C(F)(F)F)cn2)c1.CC(O)c1ccncc1NC(=O)c1ccnc(Nc2ccc(C(F)(F)F)cn2)c1. The number of anilines is 6. The van der Waals surface area contributed by atoms with Crippen LogP contribution in [0.2, 0.25) is 0 Å². The van der Waals surface area contributed by atoms with Crippen LogP contribution in [0, 0.1) is 0 Å². The molecule has 0 bridgehead atoms. The minimum absolute atomic E-state index is 0.134. The van der Waals surface area contributed by atoms with Crippen LogP contribution in [0.4, 0.5) is 61.0 Å². The molecule has 298 valence electrons. The Kier molecular flexibility index (Phi) is 13.0. The van der Waals surface area contributed by atoms with Crippen LogP contribution in [0.1, 0.15) is 67.7 Å². The lowest BCUT2D eigenvalue weighted by atomic mass is 10.1. The quantitative estimate of drug-likeness (QED) is 0.0661. The van der Waals surface area contributed by atoms with Crippen LogP contribution < -0.4 is 21.3 Å². The Labute approximate surface area is 324 Å². The van der Waals surface area contributed by atoms with Gasteiger partial charge < -0.3 is 26.4 Å². The summed E-state index contributed by atoms with van der Waals surface area (Å²) in [5.41, 5.74) is 0.173. The number of hydrogen-bond donors (Lipinski definition) is 5. The highest BCUT2D eigenvalue weighted by Crippen LogP contribution is 2.30. The van der Waals surface area contributed by atoms with Gasteiger partial charge in [0.1, 0.15) is 23.3 Å². The number of pyridine rings is 6. The van der Waals surface area contributed by atoms with Crippen LogP contribution in [0.25, 0.3) is 0 Å². The molecule has 0 radical (unpaired) electrons. The average molecular weight is 805 g/mol. The second-order valence-electron chi connectivity index (χ2n) is 12.0. The maximum absolute atomic E-state index is 12.6. The molecule has 20 heteroatoms. The number of rotatable bonds is 10. The number of aromatic nitrogens is 6. The van der Waals surface area contributed by atoms with Gasteiger partial charge in [0.2, 0.25) is 0 Å². The third-order valence-electron chi connectivity index (χ3n) is 7.74. The number of carbonyl (C=O) groups excluding carboxylic acids is 3. The highest BCUT2D eigenvalue weighted by atomic mass is 19.4. The summed E-state index contributed by atoms with van der Waals surface area (Å²) in [7, 11) is 0. The largest absolute Gasteiger partial charge is 0.417 e. The van der Waals surface area contributed by atoms with Crippen molar-refractivity contribution in [3.63, 3.8) is 0 Å². The molecular weight excluding hydrogens is 774 g/mol. The zero-order valence-electron chi connectivity index (χ0n) is 30.1. The van der Waals surface area contributed by atoms with Crippen molar-refractivity contribution in [3.8, 4) is 0 Å². The number of nitrogens with one attached hydrogen (secondary N) is 4. The van der Waals surface area contributed by atoms with E-state index in [0.717, 1.165) is 18.2 Å². The van der Waals surface area contributed by atoms with Gasteiger partial charge in [-0.3, -0.25) is 24.4 Å². The first-order valence-electron chi connectivity index (χ1n) is 16.7. The number of hydrogen-bond acceptors (Lipinski definition) is 12. The van der Waals surface area contributed by atoms with Gasteiger partial charge in [-0.2, -0.15) is 26.3 Å². The van der Waals surface area contributed by atoms with Gasteiger partial charge in [-0.05, 0) is 74.5 Å². The van der Waals surface area contributed by atoms with Crippen LogP contribution in [0.5, 0.6) is 0 Å². The first kappa shape index (κ1) is 41.8. The number of carbonyl (C=O) groups is 3. The number of aliphatic hydroxyl groups is 1. The summed E-state index contributed by atoms with van der Waals surface area (Å²) in [6.07, 6.45) is 0.120. The first-order chi connectivity index (χ1) is 27.5. The van der Waals surface area contributed by atoms with Gasteiger partial charge in [0.25, 0.3) is 11.8 Å². The predicted molar refractivity (Wildman–Crippen MR) is 199 cm³/mol. The van der Waals surface area contributed by atoms with Gasteiger partial charge in [-0.15, -0.1) is 0 Å². The van der Waals surface area contributed by atoms with Crippen molar-refractivity contribution in [3.05, 3.63) is 144 Å². The molecular formula is C38H30F6N10O4. The van der Waals surface area contributed by atoms with Crippen molar-refractivity contribution in [1.29, 1.82) is 0 Å². The Balaban J connectivity index is 0.000000221. The number of nitrogens with zero attached hydrogens (tertiary/aromatic N) is 6. The molecule has 0 fully saturated rings. The Hall–Kier alpha value is -7.35. The minimum atomic E-state index is -4.48. The predicted octanol–water partition coefficient (Wildman–Crippen LogP) is 8.03. The van der Waals surface area contributed by atoms with Crippen molar-refractivity contribution >= 4 is 52.2 Å². The standard InChI is InChI=1S/C19H16F3N5O2.C19H14F3N5O2/c2*1-11(28)14-5-6-23-10-15(14)26-18(29)12-4-7-24-17(8-12)27-16-3-2-13(9-25-16)19(20,21)22/h2-11,28H,1H3,(H,26,29)(H,24,25,27);2-10H,1H3,(H,26,29)(H,24,25,27). The van der Waals surface area contributed by atoms with E-state index in [1.807, 2.05) is 0 Å². The lowest BCUT2D eigenvalue weighted by Crippen LogP contribution is -2.15. The Bertz CT molecular complexity index is 2390. The summed E-state index contributed by atoms with van der Waals surface area (Å²) in [4.78, 5) is 60.0. The molecule has 2 amide bonds. The van der Waals surface area contributed by atoms with Gasteiger partial charge in [-0.25, -0.2) is 19.9 Å². The topological polar surface area (TPSA) is 197 Å². The zero-order chi connectivity index (χ0) is 42.0. The van der Waals surface area contributed by atoms with Gasteiger partial charge in [0.05, 0.1) is 41.0 Å². The van der Waals surface area contributed by atoms with Crippen molar-refractivity contribution in [1.82, 2.24) is 29.9 Å². The van der Waals surface area contributed by atoms with Crippen LogP contribution in [0.15, 0.2) is 110 Å². The van der Waals surface area contributed by atoms with Gasteiger partial charge >= 0.3 is 12.4 Å². The minimum Gasteiger partial charge on any atom is -0.389 e. The molecule has 0 aromatic carbocycles. The molecule has 0 spiro atoms. The fraction of sp³-hybridized carbons (Fsp3) is 0.132. The van der Waals surface area contributed by atoms with E-state index in [9.17, 15) is 45.8 Å². The zero-order valence-corrected chi connectivity index (χ0v) is 30.1. The van der Waals surface area contributed by atoms with Crippen molar-refractivity contribution in [2.24, 2.45) is 0 Å². The Morgan fingerprint density at radius 1 is 0.586 bits per heavy atom. The lowest BCUT2D eigenvalue weighted by molar-refractivity contribution is -0.138. The molecule has 6 aromatic rings. The van der Waals surface area contributed by atoms with E-state index in [2.05, 4.69) is 51.2 Å². The molecule has 6 rings (SSSR count). The number of halogens is 6. The summed E-state index contributed by atoms with van der Waals surface area (Å²) >= 11 is 0. The second-order valence-corrected chi connectivity index (χ2v) is 12.0. The van der Waals surface area contributed by atoms with E-state index >= 15 is 0 Å². The third kappa shape index (κ3) is 11.4. The first-order valence-corrected chi connectivity index (χ1v) is 16.7. The van der Waals surface area contributed by atoms with E-state index in [4.69, 9.17) is 0 Å². The molecule has 0 aliphatic carbocycles. The van der Waals surface area contributed by atoms with Crippen LogP contribution in [0.3, 0.4) is 0 Å². The second kappa shape index (κ2) is 18.1. The maximum atomic E-state index is 12.6. The number of aliphatic hydroxyl groups excluding tert-OH is 1. The normalized spacial score (nSPS) is 11.7. The molecule has 6 aromatic heterocycles. The van der Waals surface area contributed by atoms with Crippen LogP contribution in [-0.2, 0) is 12.4 Å².